The molecule has 2 N–H and O–H groups in total. The van der Waals surface area contributed by atoms with Crippen LogP contribution in [0, 0.1) is 0 Å². The summed E-state index contributed by atoms with van der Waals surface area (Å²) in [7, 11) is 0. The molecule has 2 rings (SSSR count). The Morgan fingerprint density at radius 3 is 3.12 bits per heavy atom. The van der Waals surface area contributed by atoms with Crippen LogP contribution in [-0.4, -0.2) is 36.4 Å². The van der Waals surface area contributed by atoms with E-state index in [1.807, 2.05) is 23.6 Å². The third-order valence-electron chi connectivity index (χ3n) is 2.61. The zero-order chi connectivity index (χ0) is 12.1. The van der Waals surface area contributed by atoms with E-state index in [-0.39, 0.29) is 0 Å². The first-order chi connectivity index (χ1) is 8.25. The Morgan fingerprint density at radius 2 is 2.24 bits per heavy atom. The Bertz CT molecular complexity index is 363. The summed E-state index contributed by atoms with van der Waals surface area (Å²) in [6.07, 6.45) is 6.26. The van der Waals surface area contributed by atoms with E-state index in [4.69, 9.17) is 10.5 Å². The minimum atomic E-state index is 0.577. The second-order valence-electron chi connectivity index (χ2n) is 4.15. The average molecular weight is 253 g/mol. The summed E-state index contributed by atoms with van der Waals surface area (Å²) in [5.41, 5.74) is 6.94. The number of fused-ring (bicyclic) bond motifs is 1. The summed E-state index contributed by atoms with van der Waals surface area (Å²) in [5, 5.41) is 0. The molecule has 5 heteroatoms. The van der Waals surface area contributed by atoms with Gasteiger partial charge in [-0.3, -0.25) is 0 Å². The van der Waals surface area contributed by atoms with Crippen molar-refractivity contribution in [1.29, 1.82) is 0 Å². The van der Waals surface area contributed by atoms with Gasteiger partial charge in [-0.25, -0.2) is 4.99 Å². The van der Waals surface area contributed by atoms with Crippen LogP contribution in [-0.2, 0) is 4.74 Å². The number of ether oxygens (including phenoxy) is 1. The molecule has 0 unspecified atom stereocenters. The molecular weight excluding hydrogens is 234 g/mol. The Morgan fingerprint density at radius 1 is 1.41 bits per heavy atom. The molecule has 2 bridgehead atoms. The maximum absolute atomic E-state index is 5.97. The molecule has 4 nitrogen and oxygen atoms in total. The van der Waals surface area contributed by atoms with Gasteiger partial charge in [-0.2, -0.15) is 0 Å². The minimum absolute atomic E-state index is 0.577. The van der Waals surface area contributed by atoms with E-state index in [1.165, 1.54) is 4.91 Å². The van der Waals surface area contributed by atoms with Gasteiger partial charge >= 0.3 is 0 Å². The maximum Gasteiger partial charge on any atom is 0.200 e. The lowest BCUT2D eigenvalue weighted by Crippen LogP contribution is -2.34. The van der Waals surface area contributed by atoms with Crippen molar-refractivity contribution >= 4 is 17.7 Å². The van der Waals surface area contributed by atoms with Crippen LogP contribution >= 0.6 is 11.8 Å². The average Bonchev–Trinajstić information content (AvgIpc) is 2.44. The molecule has 94 valence electrons. The van der Waals surface area contributed by atoms with Crippen LogP contribution in [0.4, 0.5) is 0 Å². The normalized spacial score (nSPS) is 22.9. The Balaban J connectivity index is 2.16. The van der Waals surface area contributed by atoms with Gasteiger partial charge in [0.15, 0.2) is 5.96 Å². The highest BCUT2D eigenvalue weighted by Gasteiger charge is 2.11. The first-order valence-corrected chi connectivity index (χ1v) is 6.96. The van der Waals surface area contributed by atoms with E-state index in [2.05, 4.69) is 17.3 Å². The zero-order valence-corrected chi connectivity index (χ0v) is 11.0. The van der Waals surface area contributed by atoms with E-state index in [9.17, 15) is 0 Å². The largest absolute Gasteiger partial charge is 0.381 e. The van der Waals surface area contributed by atoms with Crippen LogP contribution in [0.2, 0.25) is 0 Å². The summed E-state index contributed by atoms with van der Waals surface area (Å²) in [5.74, 6) is 1.65. The van der Waals surface area contributed by atoms with Crippen LogP contribution in [0.3, 0.4) is 0 Å². The molecular formula is C12H19N3OS. The summed E-state index contributed by atoms with van der Waals surface area (Å²) < 4.78 is 5.54. The first kappa shape index (κ1) is 12.5. The van der Waals surface area contributed by atoms with Gasteiger partial charge in [0, 0.05) is 42.3 Å². The molecule has 0 spiro atoms. The van der Waals surface area contributed by atoms with E-state index >= 15 is 0 Å². The quantitative estimate of drug-likeness (QED) is 0.716. The van der Waals surface area contributed by atoms with Crippen molar-refractivity contribution in [2.45, 2.75) is 19.8 Å². The second-order valence-corrected chi connectivity index (χ2v) is 5.32. The SMILES string of the molecule is CC1=CC2=CN(CCCOCCCS2)C(N)=N1. The van der Waals surface area contributed by atoms with Crippen molar-refractivity contribution in [3.05, 3.63) is 22.9 Å². The fourth-order valence-electron chi connectivity index (χ4n) is 1.79. The highest BCUT2D eigenvalue weighted by atomic mass is 32.2. The van der Waals surface area contributed by atoms with Crippen molar-refractivity contribution in [1.82, 2.24) is 4.90 Å². The standard InChI is InChI=1S/C12H19N3OS/c1-10-8-11-9-15(12(13)14-10)4-2-5-16-6-3-7-17-11/h8-9H,2-7H2,1H3,(H2,13,14). The van der Waals surface area contributed by atoms with Gasteiger partial charge in [0.2, 0.25) is 0 Å². The van der Waals surface area contributed by atoms with Crippen LogP contribution in [0.1, 0.15) is 19.8 Å². The van der Waals surface area contributed by atoms with Gasteiger partial charge in [0.05, 0.1) is 0 Å². The lowest BCUT2D eigenvalue weighted by molar-refractivity contribution is 0.130. The predicted octanol–water partition coefficient (Wildman–Crippen LogP) is 1.91. The summed E-state index contributed by atoms with van der Waals surface area (Å²) in [6.45, 7) is 4.50. The van der Waals surface area contributed by atoms with Crippen molar-refractivity contribution in [3.8, 4) is 0 Å². The fraction of sp³-hybridized carbons (Fsp3) is 0.583. The number of allylic oxidation sites excluding steroid dienone is 2. The number of rotatable bonds is 0. The summed E-state index contributed by atoms with van der Waals surface area (Å²) in [6, 6.07) is 0. The topological polar surface area (TPSA) is 50.9 Å². The Kier molecular flexibility index (Phi) is 4.50. The molecule has 0 atom stereocenters. The molecule has 2 heterocycles. The van der Waals surface area contributed by atoms with Crippen LogP contribution in [0.25, 0.3) is 0 Å². The molecule has 17 heavy (non-hydrogen) atoms. The van der Waals surface area contributed by atoms with E-state index in [0.717, 1.165) is 44.1 Å². The van der Waals surface area contributed by atoms with Gasteiger partial charge < -0.3 is 15.4 Å². The number of nitrogens with zero attached hydrogens (tertiary/aromatic N) is 2. The lowest BCUT2D eigenvalue weighted by atomic mass is 10.4. The van der Waals surface area contributed by atoms with E-state index in [0.29, 0.717) is 5.96 Å². The third-order valence-corrected chi connectivity index (χ3v) is 3.66. The second kappa shape index (κ2) is 6.12. The molecule has 2 aliphatic heterocycles. The molecule has 0 aromatic rings. The maximum atomic E-state index is 5.97. The van der Waals surface area contributed by atoms with Gasteiger partial charge in [-0.05, 0) is 25.8 Å². The van der Waals surface area contributed by atoms with Crippen molar-refractivity contribution in [2.24, 2.45) is 10.7 Å². The van der Waals surface area contributed by atoms with Gasteiger partial charge in [-0.15, -0.1) is 11.8 Å². The van der Waals surface area contributed by atoms with Gasteiger partial charge in [0.1, 0.15) is 0 Å². The molecule has 0 radical (unpaired) electrons. The van der Waals surface area contributed by atoms with Crippen LogP contribution < -0.4 is 5.73 Å². The van der Waals surface area contributed by atoms with E-state index < -0.39 is 0 Å². The van der Waals surface area contributed by atoms with Crippen LogP contribution in [0.15, 0.2) is 27.9 Å². The number of nitrogens with two attached hydrogens (primary N) is 1. The fourth-order valence-corrected chi connectivity index (χ4v) is 2.74. The Hall–Kier alpha value is -0.940. The number of guanidine groups is 1. The predicted molar refractivity (Wildman–Crippen MR) is 72.7 cm³/mol. The van der Waals surface area contributed by atoms with Gasteiger partial charge in [-0.1, -0.05) is 0 Å². The lowest BCUT2D eigenvalue weighted by Gasteiger charge is -2.18. The molecule has 0 aromatic heterocycles. The Labute approximate surface area is 107 Å². The molecule has 0 amide bonds. The summed E-state index contributed by atoms with van der Waals surface area (Å²) in [4.78, 5) is 7.61. The molecule has 0 saturated carbocycles. The highest BCUT2D eigenvalue weighted by molar-refractivity contribution is 8.03. The zero-order valence-electron chi connectivity index (χ0n) is 10.2. The summed E-state index contributed by atoms with van der Waals surface area (Å²) >= 11 is 1.84. The number of thioether (sulfide) groups is 1. The van der Waals surface area contributed by atoms with Crippen molar-refractivity contribution < 1.29 is 4.74 Å². The van der Waals surface area contributed by atoms with E-state index in [1.54, 1.807) is 0 Å². The molecule has 0 aromatic carbocycles. The van der Waals surface area contributed by atoms with Crippen molar-refractivity contribution in [3.63, 3.8) is 0 Å². The first-order valence-electron chi connectivity index (χ1n) is 5.97. The third kappa shape index (κ3) is 3.78. The van der Waals surface area contributed by atoms with Gasteiger partial charge in [0.25, 0.3) is 0 Å². The highest BCUT2D eigenvalue weighted by Crippen LogP contribution is 2.23. The van der Waals surface area contributed by atoms with Crippen LogP contribution in [0.5, 0.6) is 0 Å². The monoisotopic (exact) mass is 253 g/mol. The smallest absolute Gasteiger partial charge is 0.200 e. The molecule has 0 fully saturated rings. The minimum Gasteiger partial charge on any atom is -0.381 e. The number of hydrogen-bond acceptors (Lipinski definition) is 5. The molecule has 2 aliphatic rings. The van der Waals surface area contributed by atoms with Crippen molar-refractivity contribution in [2.75, 3.05) is 25.5 Å². The number of hydrogen-bond donors (Lipinski definition) is 1. The molecule has 0 aliphatic carbocycles. The number of aliphatic imine (C=N–C) groups is 1. The molecule has 0 saturated heterocycles.